The molecule has 0 bridgehead atoms. The number of amides is 2. The average molecular weight is 514 g/mol. The molecule has 35 heavy (non-hydrogen) atoms. The van der Waals surface area contributed by atoms with Crippen LogP contribution in [0.3, 0.4) is 0 Å². The Kier molecular flexibility index (Phi) is 7.08. The first-order chi connectivity index (χ1) is 16.5. The molecule has 3 aliphatic rings. The third kappa shape index (κ3) is 5.29. The van der Waals surface area contributed by atoms with Crippen molar-refractivity contribution in [3.8, 4) is 6.07 Å². The van der Waals surface area contributed by atoms with Crippen molar-refractivity contribution in [1.29, 1.82) is 5.26 Å². The quantitative estimate of drug-likeness (QED) is 0.617. The molecule has 13 heteroatoms. The Morgan fingerprint density at radius 2 is 1.74 bits per heavy atom. The van der Waals surface area contributed by atoms with Gasteiger partial charge in [0.15, 0.2) is 0 Å². The second kappa shape index (κ2) is 9.75. The highest BCUT2D eigenvalue weighted by Gasteiger charge is 2.45. The molecule has 3 aliphatic heterocycles. The molecule has 0 saturated carbocycles. The standard InChI is InChI=1S/C22H26F3N5O4S/c23-22(24,25)18-5-3-15(4-6-18)11-27-20(31)19-2-1-8-30(19)21(32)17-7-9-28(14-17)35(33,34)29-12-16(10-26)13-29/h3-6,16-17,19H,1-2,7-9,11-14H2,(H,27,31)/t17-,19+/m0/s1. The molecule has 0 aliphatic carbocycles. The van der Waals surface area contributed by atoms with Gasteiger partial charge in [0, 0.05) is 39.3 Å². The predicted octanol–water partition coefficient (Wildman–Crippen LogP) is 1.33. The second-order valence-electron chi connectivity index (χ2n) is 9.10. The summed E-state index contributed by atoms with van der Waals surface area (Å²) < 4.78 is 66.1. The van der Waals surface area contributed by atoms with E-state index in [-0.39, 0.29) is 50.5 Å². The van der Waals surface area contributed by atoms with Crippen molar-refractivity contribution in [3.05, 3.63) is 35.4 Å². The van der Waals surface area contributed by atoms with E-state index < -0.39 is 33.9 Å². The van der Waals surface area contributed by atoms with Crippen molar-refractivity contribution in [2.24, 2.45) is 11.8 Å². The van der Waals surface area contributed by atoms with Crippen molar-refractivity contribution in [1.82, 2.24) is 18.8 Å². The van der Waals surface area contributed by atoms with E-state index in [0.29, 0.717) is 31.4 Å². The normalized spacial score (nSPS) is 24.2. The van der Waals surface area contributed by atoms with Gasteiger partial charge in [-0.1, -0.05) is 12.1 Å². The lowest BCUT2D eigenvalue weighted by Gasteiger charge is -2.36. The largest absolute Gasteiger partial charge is 0.416 e. The lowest BCUT2D eigenvalue weighted by molar-refractivity contribution is -0.141. The van der Waals surface area contributed by atoms with E-state index in [9.17, 15) is 31.2 Å². The molecule has 0 spiro atoms. The van der Waals surface area contributed by atoms with Crippen LogP contribution in [0.25, 0.3) is 0 Å². The zero-order valence-corrected chi connectivity index (χ0v) is 19.7. The number of nitrogens with one attached hydrogen (secondary N) is 1. The van der Waals surface area contributed by atoms with Crippen LogP contribution in [0.4, 0.5) is 13.2 Å². The maximum absolute atomic E-state index is 13.2. The molecule has 2 atom stereocenters. The summed E-state index contributed by atoms with van der Waals surface area (Å²) in [5, 5.41) is 11.6. The van der Waals surface area contributed by atoms with Gasteiger partial charge in [-0.3, -0.25) is 9.59 Å². The summed E-state index contributed by atoms with van der Waals surface area (Å²) in [5.41, 5.74) is -0.268. The molecule has 3 heterocycles. The Hall–Kier alpha value is -2.69. The number of likely N-dealkylation sites (tertiary alicyclic amines) is 1. The average Bonchev–Trinajstić information content (AvgIpc) is 3.46. The molecule has 1 N–H and O–H groups in total. The van der Waals surface area contributed by atoms with Gasteiger partial charge in [0.25, 0.3) is 10.2 Å². The Bertz CT molecular complexity index is 1110. The van der Waals surface area contributed by atoms with Gasteiger partial charge in [-0.05, 0) is 37.0 Å². The van der Waals surface area contributed by atoms with Crippen LogP contribution in [-0.4, -0.2) is 72.5 Å². The summed E-state index contributed by atoms with van der Waals surface area (Å²) in [6.07, 6.45) is -3.00. The molecule has 190 valence electrons. The Morgan fingerprint density at radius 1 is 1.06 bits per heavy atom. The van der Waals surface area contributed by atoms with Gasteiger partial charge in [-0.25, -0.2) is 0 Å². The summed E-state index contributed by atoms with van der Waals surface area (Å²) in [4.78, 5) is 27.4. The van der Waals surface area contributed by atoms with Crippen LogP contribution in [0.1, 0.15) is 30.4 Å². The third-order valence-electron chi connectivity index (χ3n) is 6.77. The molecule has 0 unspecified atom stereocenters. The van der Waals surface area contributed by atoms with Gasteiger partial charge in [0.1, 0.15) is 6.04 Å². The molecular formula is C22H26F3N5O4S. The van der Waals surface area contributed by atoms with Crippen LogP contribution >= 0.6 is 0 Å². The Balaban J connectivity index is 1.31. The minimum absolute atomic E-state index is 0.0322. The van der Waals surface area contributed by atoms with Gasteiger partial charge in [-0.15, -0.1) is 0 Å². The predicted molar refractivity (Wildman–Crippen MR) is 117 cm³/mol. The first kappa shape index (κ1) is 25.4. The summed E-state index contributed by atoms with van der Waals surface area (Å²) in [5.74, 6) is -1.52. The molecule has 3 saturated heterocycles. The topological polar surface area (TPSA) is 114 Å². The van der Waals surface area contributed by atoms with Crippen LogP contribution in [0.15, 0.2) is 24.3 Å². The monoisotopic (exact) mass is 513 g/mol. The maximum Gasteiger partial charge on any atom is 0.416 e. The minimum Gasteiger partial charge on any atom is -0.350 e. The number of benzene rings is 1. The Labute approximate surface area is 201 Å². The SMILES string of the molecule is N#CC1CN(S(=O)(=O)N2CC[C@H](C(=O)N3CCC[C@@H]3C(=O)NCc3ccc(C(F)(F)F)cc3)C2)C1. The molecule has 1 aromatic carbocycles. The minimum atomic E-state index is -4.43. The van der Waals surface area contributed by atoms with Gasteiger partial charge >= 0.3 is 6.18 Å². The summed E-state index contributed by atoms with van der Waals surface area (Å²) in [7, 11) is -3.72. The van der Waals surface area contributed by atoms with E-state index in [1.165, 1.54) is 25.6 Å². The lowest BCUT2D eigenvalue weighted by atomic mass is 10.1. The van der Waals surface area contributed by atoms with Gasteiger partial charge < -0.3 is 10.2 Å². The summed E-state index contributed by atoms with van der Waals surface area (Å²) in [6.45, 7) is 0.958. The highest BCUT2D eigenvalue weighted by atomic mass is 32.2. The van der Waals surface area contributed by atoms with Gasteiger partial charge in [-0.2, -0.15) is 35.5 Å². The number of nitrogens with zero attached hydrogens (tertiary/aromatic N) is 4. The smallest absolute Gasteiger partial charge is 0.350 e. The van der Waals surface area contributed by atoms with Crippen molar-refractivity contribution in [2.45, 2.75) is 38.0 Å². The number of carbonyl (C=O) groups excluding carboxylic acids is 2. The molecule has 1 aromatic rings. The Morgan fingerprint density at radius 3 is 2.37 bits per heavy atom. The zero-order chi connectivity index (χ0) is 25.4. The highest BCUT2D eigenvalue weighted by molar-refractivity contribution is 7.86. The fourth-order valence-electron chi connectivity index (χ4n) is 4.67. The summed E-state index contributed by atoms with van der Waals surface area (Å²) in [6, 6.07) is 5.83. The molecule has 0 radical (unpaired) electrons. The molecule has 9 nitrogen and oxygen atoms in total. The van der Waals surface area contributed by atoms with E-state index in [1.807, 2.05) is 6.07 Å². The number of halogens is 3. The van der Waals surface area contributed by atoms with Crippen LogP contribution in [-0.2, 0) is 32.5 Å². The van der Waals surface area contributed by atoms with E-state index in [0.717, 1.165) is 12.1 Å². The highest BCUT2D eigenvalue weighted by Crippen LogP contribution is 2.30. The fourth-order valence-corrected chi connectivity index (χ4v) is 6.43. The molecule has 2 amide bonds. The lowest BCUT2D eigenvalue weighted by Crippen LogP contribution is -2.54. The van der Waals surface area contributed by atoms with Crippen LogP contribution < -0.4 is 5.32 Å². The van der Waals surface area contributed by atoms with Gasteiger partial charge in [0.05, 0.1) is 23.5 Å². The molecule has 4 rings (SSSR count). The molecular weight excluding hydrogens is 487 g/mol. The first-order valence-corrected chi connectivity index (χ1v) is 12.8. The van der Waals surface area contributed by atoms with Gasteiger partial charge in [0.2, 0.25) is 11.8 Å². The zero-order valence-electron chi connectivity index (χ0n) is 18.9. The van der Waals surface area contributed by atoms with Crippen LogP contribution in [0, 0.1) is 23.2 Å². The fraction of sp³-hybridized carbons (Fsp3) is 0.591. The maximum atomic E-state index is 13.2. The van der Waals surface area contributed by atoms with Crippen molar-refractivity contribution in [3.63, 3.8) is 0 Å². The molecule has 3 fully saturated rings. The molecule has 0 aromatic heterocycles. The van der Waals surface area contributed by atoms with Crippen LogP contribution in [0.2, 0.25) is 0 Å². The van der Waals surface area contributed by atoms with E-state index in [1.54, 1.807) is 0 Å². The van der Waals surface area contributed by atoms with Crippen molar-refractivity contribution >= 4 is 22.0 Å². The van der Waals surface area contributed by atoms with Crippen molar-refractivity contribution < 1.29 is 31.2 Å². The number of carbonyl (C=O) groups is 2. The number of nitriles is 1. The van der Waals surface area contributed by atoms with E-state index in [2.05, 4.69) is 5.32 Å². The van der Waals surface area contributed by atoms with E-state index >= 15 is 0 Å². The number of rotatable bonds is 6. The van der Waals surface area contributed by atoms with Crippen molar-refractivity contribution in [2.75, 3.05) is 32.7 Å². The van der Waals surface area contributed by atoms with E-state index in [4.69, 9.17) is 5.26 Å². The van der Waals surface area contributed by atoms with Crippen LogP contribution in [0.5, 0.6) is 0 Å². The first-order valence-electron chi connectivity index (χ1n) is 11.4. The number of hydrogen-bond donors (Lipinski definition) is 1. The third-order valence-corrected chi connectivity index (χ3v) is 8.70. The second-order valence-corrected chi connectivity index (χ2v) is 11.0. The number of hydrogen-bond acceptors (Lipinski definition) is 5. The summed E-state index contributed by atoms with van der Waals surface area (Å²) >= 11 is 0. The number of alkyl halides is 3.